The van der Waals surface area contributed by atoms with E-state index in [1.165, 1.54) is 4.90 Å². The van der Waals surface area contributed by atoms with E-state index in [1.807, 2.05) is 36.4 Å². The number of hydrogen-bond acceptors (Lipinski definition) is 3. The molecule has 1 unspecified atom stereocenters. The van der Waals surface area contributed by atoms with Gasteiger partial charge in [0.05, 0.1) is 13.2 Å². The molecule has 0 aliphatic carbocycles. The molecular formula is C22H23ClN2O3. The first-order chi connectivity index (χ1) is 13.5. The van der Waals surface area contributed by atoms with Gasteiger partial charge in [0, 0.05) is 42.9 Å². The molecule has 1 atom stereocenters. The minimum absolute atomic E-state index is 0.0504. The summed E-state index contributed by atoms with van der Waals surface area (Å²) in [6, 6.07) is 14.7. The molecule has 28 heavy (non-hydrogen) atoms. The van der Waals surface area contributed by atoms with Gasteiger partial charge in [-0.25, -0.2) is 0 Å². The Morgan fingerprint density at radius 1 is 1.14 bits per heavy atom. The molecule has 146 valence electrons. The molecule has 0 radical (unpaired) electrons. The Hall–Kier alpha value is -2.63. The van der Waals surface area contributed by atoms with Gasteiger partial charge in [-0.15, -0.1) is 0 Å². The molecule has 2 aromatic carbocycles. The summed E-state index contributed by atoms with van der Waals surface area (Å²) in [7, 11) is 3.43. The van der Waals surface area contributed by atoms with Crippen LogP contribution in [0.5, 0.6) is 0 Å². The van der Waals surface area contributed by atoms with Crippen LogP contribution >= 0.6 is 11.6 Å². The maximum Gasteiger partial charge on any atom is 0.253 e. The Morgan fingerprint density at radius 3 is 2.54 bits per heavy atom. The number of ether oxygens (including phenoxy) is 1. The van der Waals surface area contributed by atoms with Crippen molar-refractivity contribution in [3.63, 3.8) is 0 Å². The standard InChI is InChI=1S/C22H23ClN2O3/c1-24(2)22(27)17-10-7-16(8-11-17)9-12-21(26)25-13-14-28-20(15-25)18-5-3-4-6-19(18)23/h3-12,20H,13-15H2,1-2H3/b12-9+. The topological polar surface area (TPSA) is 49.9 Å². The van der Waals surface area contributed by atoms with Crippen LogP contribution in [0.25, 0.3) is 6.08 Å². The predicted molar refractivity (Wildman–Crippen MR) is 110 cm³/mol. The highest BCUT2D eigenvalue weighted by Crippen LogP contribution is 2.28. The van der Waals surface area contributed by atoms with Crippen LogP contribution < -0.4 is 0 Å². The fourth-order valence-corrected chi connectivity index (χ4v) is 3.30. The van der Waals surface area contributed by atoms with Gasteiger partial charge in [0.25, 0.3) is 5.91 Å². The number of benzene rings is 2. The molecule has 3 rings (SSSR count). The second-order valence-corrected chi connectivity index (χ2v) is 7.23. The molecule has 5 nitrogen and oxygen atoms in total. The lowest BCUT2D eigenvalue weighted by molar-refractivity contribution is -0.133. The number of morpholine rings is 1. The summed E-state index contributed by atoms with van der Waals surface area (Å²) in [5.41, 5.74) is 2.37. The normalized spacial score (nSPS) is 17.0. The minimum atomic E-state index is -0.226. The fourth-order valence-electron chi connectivity index (χ4n) is 3.04. The average molecular weight is 399 g/mol. The van der Waals surface area contributed by atoms with Crippen molar-refractivity contribution in [2.75, 3.05) is 33.8 Å². The molecule has 2 aromatic rings. The van der Waals surface area contributed by atoms with Gasteiger partial charge in [0.2, 0.25) is 5.91 Å². The Labute approximate surface area is 170 Å². The Kier molecular flexibility index (Phi) is 6.49. The quantitative estimate of drug-likeness (QED) is 0.738. The Balaban J connectivity index is 1.64. The maximum absolute atomic E-state index is 12.6. The molecule has 1 heterocycles. The van der Waals surface area contributed by atoms with Crippen LogP contribution in [0, 0.1) is 0 Å². The van der Waals surface area contributed by atoms with E-state index < -0.39 is 0 Å². The summed E-state index contributed by atoms with van der Waals surface area (Å²) in [6.45, 7) is 1.47. The van der Waals surface area contributed by atoms with Gasteiger partial charge in [-0.3, -0.25) is 9.59 Å². The summed E-state index contributed by atoms with van der Waals surface area (Å²) in [5.74, 6) is -0.126. The summed E-state index contributed by atoms with van der Waals surface area (Å²) in [6.07, 6.45) is 3.08. The van der Waals surface area contributed by atoms with E-state index >= 15 is 0 Å². The zero-order valence-corrected chi connectivity index (χ0v) is 16.7. The highest BCUT2D eigenvalue weighted by molar-refractivity contribution is 6.31. The maximum atomic E-state index is 12.6. The largest absolute Gasteiger partial charge is 0.370 e. The van der Waals surface area contributed by atoms with Crippen molar-refractivity contribution < 1.29 is 14.3 Å². The summed E-state index contributed by atoms with van der Waals surface area (Å²) in [5, 5.41) is 0.643. The zero-order valence-electron chi connectivity index (χ0n) is 16.0. The second kappa shape index (κ2) is 9.04. The average Bonchev–Trinajstić information content (AvgIpc) is 2.72. The van der Waals surface area contributed by atoms with E-state index in [4.69, 9.17) is 16.3 Å². The van der Waals surface area contributed by atoms with Crippen molar-refractivity contribution in [2.45, 2.75) is 6.10 Å². The molecular weight excluding hydrogens is 376 g/mol. The number of rotatable bonds is 4. The number of carbonyl (C=O) groups excluding carboxylic acids is 2. The first-order valence-electron chi connectivity index (χ1n) is 9.10. The van der Waals surface area contributed by atoms with Crippen LogP contribution in [0.2, 0.25) is 5.02 Å². The van der Waals surface area contributed by atoms with Crippen LogP contribution in [0.4, 0.5) is 0 Å². The lowest BCUT2D eigenvalue weighted by Crippen LogP contribution is -2.41. The molecule has 0 spiro atoms. The molecule has 0 N–H and O–H groups in total. The van der Waals surface area contributed by atoms with Gasteiger partial charge in [-0.05, 0) is 29.8 Å². The molecule has 0 bridgehead atoms. The lowest BCUT2D eigenvalue weighted by atomic mass is 10.1. The van der Waals surface area contributed by atoms with E-state index in [2.05, 4.69) is 0 Å². The third kappa shape index (κ3) is 4.80. The number of halogens is 1. The van der Waals surface area contributed by atoms with Crippen molar-refractivity contribution in [1.82, 2.24) is 9.80 Å². The smallest absolute Gasteiger partial charge is 0.253 e. The first kappa shape index (κ1) is 20.1. The van der Waals surface area contributed by atoms with Crippen molar-refractivity contribution in [1.29, 1.82) is 0 Å². The molecule has 2 amide bonds. The zero-order chi connectivity index (χ0) is 20.1. The van der Waals surface area contributed by atoms with Gasteiger partial charge in [-0.2, -0.15) is 0 Å². The third-order valence-corrected chi connectivity index (χ3v) is 4.96. The van der Waals surface area contributed by atoms with Gasteiger partial charge < -0.3 is 14.5 Å². The molecule has 1 aliphatic heterocycles. The summed E-state index contributed by atoms with van der Waals surface area (Å²) < 4.78 is 5.80. The monoisotopic (exact) mass is 398 g/mol. The van der Waals surface area contributed by atoms with Crippen molar-refractivity contribution in [2.24, 2.45) is 0 Å². The minimum Gasteiger partial charge on any atom is -0.370 e. The number of hydrogen-bond donors (Lipinski definition) is 0. The highest BCUT2D eigenvalue weighted by Gasteiger charge is 2.25. The van der Waals surface area contributed by atoms with E-state index in [9.17, 15) is 9.59 Å². The number of nitrogens with zero attached hydrogens (tertiary/aromatic N) is 2. The number of amides is 2. The summed E-state index contributed by atoms with van der Waals surface area (Å²) in [4.78, 5) is 27.8. The number of carbonyl (C=O) groups is 2. The molecule has 0 saturated carbocycles. The van der Waals surface area contributed by atoms with Gasteiger partial charge in [0.15, 0.2) is 0 Å². The van der Waals surface area contributed by atoms with Gasteiger partial charge in [0.1, 0.15) is 6.10 Å². The molecule has 1 aliphatic rings. The van der Waals surface area contributed by atoms with Crippen molar-refractivity contribution in [3.8, 4) is 0 Å². The predicted octanol–water partition coefficient (Wildman–Crippen LogP) is 3.66. The lowest BCUT2D eigenvalue weighted by Gasteiger charge is -2.33. The molecule has 1 saturated heterocycles. The van der Waals surface area contributed by atoms with Crippen molar-refractivity contribution >= 4 is 29.5 Å². The van der Waals surface area contributed by atoms with E-state index in [0.717, 1.165) is 11.1 Å². The second-order valence-electron chi connectivity index (χ2n) is 6.82. The van der Waals surface area contributed by atoms with E-state index in [1.54, 1.807) is 43.3 Å². The van der Waals surface area contributed by atoms with Crippen LogP contribution in [0.3, 0.4) is 0 Å². The van der Waals surface area contributed by atoms with Crippen LogP contribution in [0.15, 0.2) is 54.6 Å². The first-order valence-corrected chi connectivity index (χ1v) is 9.48. The van der Waals surface area contributed by atoms with Crippen LogP contribution in [0.1, 0.15) is 27.6 Å². The third-order valence-electron chi connectivity index (χ3n) is 4.61. The molecule has 6 heteroatoms. The SMILES string of the molecule is CN(C)C(=O)c1ccc(/C=C/C(=O)N2CCOC(c3ccccc3Cl)C2)cc1. The van der Waals surface area contributed by atoms with Gasteiger partial charge in [-0.1, -0.05) is 41.9 Å². The van der Waals surface area contributed by atoms with Crippen molar-refractivity contribution in [3.05, 3.63) is 76.3 Å². The van der Waals surface area contributed by atoms with E-state index in [0.29, 0.717) is 30.3 Å². The Morgan fingerprint density at radius 2 is 1.86 bits per heavy atom. The van der Waals surface area contributed by atoms with Crippen LogP contribution in [-0.2, 0) is 9.53 Å². The van der Waals surface area contributed by atoms with Gasteiger partial charge >= 0.3 is 0 Å². The Bertz CT molecular complexity index is 878. The van der Waals surface area contributed by atoms with E-state index in [-0.39, 0.29) is 17.9 Å². The van der Waals surface area contributed by atoms with Crippen LogP contribution in [-0.4, -0.2) is 55.4 Å². The highest BCUT2D eigenvalue weighted by atomic mass is 35.5. The summed E-state index contributed by atoms with van der Waals surface area (Å²) >= 11 is 6.26. The molecule has 1 fully saturated rings. The molecule has 0 aromatic heterocycles. The fraction of sp³-hybridized carbons (Fsp3) is 0.273.